The molecule has 0 saturated heterocycles. The van der Waals surface area contributed by atoms with Crippen molar-refractivity contribution in [1.82, 2.24) is 0 Å². The molecule has 3 rings (SSSR count). The summed E-state index contributed by atoms with van der Waals surface area (Å²) in [5, 5.41) is 9.44. The molecule has 0 saturated carbocycles. The van der Waals surface area contributed by atoms with Crippen molar-refractivity contribution in [2.75, 3.05) is 23.4 Å². The molecule has 0 spiro atoms. The maximum absolute atomic E-state index is 12.2. The Hall–Kier alpha value is -2.45. The van der Waals surface area contributed by atoms with Crippen LogP contribution in [-0.4, -0.2) is 44.0 Å². The second-order valence-corrected chi connectivity index (χ2v) is 9.82. The van der Waals surface area contributed by atoms with Crippen LogP contribution in [0.25, 0.3) is 17.2 Å². The third-order valence-electron chi connectivity index (χ3n) is 4.71. The first-order chi connectivity index (χ1) is 13.7. The average molecular weight is 434 g/mol. The van der Waals surface area contributed by atoms with Crippen LogP contribution in [-0.2, 0) is 14.8 Å². The Labute approximate surface area is 175 Å². The SMILES string of the molecule is CSC(C)Oc1ccc(-c2ccc3c(c2)C=C(C(=O)O)CCN3S(C)(=O)=O)cc1. The summed E-state index contributed by atoms with van der Waals surface area (Å²) >= 11 is 1.61. The summed E-state index contributed by atoms with van der Waals surface area (Å²) in [5.41, 5.74) is 3.08. The van der Waals surface area contributed by atoms with Crippen molar-refractivity contribution in [3.8, 4) is 16.9 Å². The van der Waals surface area contributed by atoms with Gasteiger partial charge in [-0.3, -0.25) is 4.31 Å². The number of hydrogen-bond donors (Lipinski definition) is 1. The van der Waals surface area contributed by atoms with Gasteiger partial charge in [0.25, 0.3) is 0 Å². The Morgan fingerprint density at radius 3 is 2.41 bits per heavy atom. The van der Waals surface area contributed by atoms with Crippen LogP contribution in [0.4, 0.5) is 5.69 Å². The van der Waals surface area contributed by atoms with Crippen LogP contribution in [0, 0.1) is 0 Å². The van der Waals surface area contributed by atoms with Crippen LogP contribution in [0.2, 0.25) is 0 Å². The number of nitrogens with zero attached hydrogens (tertiary/aromatic N) is 1. The second kappa shape index (κ2) is 8.51. The third-order valence-corrected chi connectivity index (χ3v) is 6.65. The van der Waals surface area contributed by atoms with Crippen molar-refractivity contribution >= 4 is 39.5 Å². The fourth-order valence-corrected chi connectivity index (χ4v) is 4.31. The Bertz CT molecular complexity index is 1050. The summed E-state index contributed by atoms with van der Waals surface area (Å²) in [6.45, 7) is 2.08. The predicted octanol–water partition coefficient (Wildman–Crippen LogP) is 4.08. The maximum Gasteiger partial charge on any atom is 0.331 e. The number of rotatable bonds is 6. The minimum Gasteiger partial charge on any atom is -0.480 e. The van der Waals surface area contributed by atoms with Crippen molar-refractivity contribution in [2.45, 2.75) is 18.8 Å². The molecule has 0 fully saturated rings. The summed E-state index contributed by atoms with van der Waals surface area (Å²) in [4.78, 5) is 11.5. The summed E-state index contributed by atoms with van der Waals surface area (Å²) in [6.07, 6.45) is 4.81. The lowest BCUT2D eigenvalue weighted by atomic mass is 10.0. The van der Waals surface area contributed by atoms with Crippen LogP contribution in [0.15, 0.2) is 48.0 Å². The molecule has 1 heterocycles. The van der Waals surface area contributed by atoms with E-state index in [1.54, 1.807) is 23.9 Å². The van der Waals surface area contributed by atoms with E-state index in [0.29, 0.717) is 11.3 Å². The molecule has 29 heavy (non-hydrogen) atoms. The molecule has 1 aliphatic heterocycles. The van der Waals surface area contributed by atoms with Crippen LogP contribution >= 0.6 is 11.8 Å². The van der Waals surface area contributed by atoms with Gasteiger partial charge >= 0.3 is 5.97 Å². The number of carboxylic acids is 1. The van der Waals surface area contributed by atoms with E-state index in [2.05, 4.69) is 0 Å². The van der Waals surface area contributed by atoms with E-state index in [0.717, 1.165) is 23.1 Å². The highest BCUT2D eigenvalue weighted by atomic mass is 32.2. The van der Waals surface area contributed by atoms with Gasteiger partial charge in [0.1, 0.15) is 11.2 Å². The number of thioether (sulfide) groups is 1. The number of sulfonamides is 1. The molecular weight excluding hydrogens is 410 g/mol. The number of benzene rings is 2. The van der Waals surface area contributed by atoms with Gasteiger partial charge in [-0.05, 0) is 66.6 Å². The van der Waals surface area contributed by atoms with Gasteiger partial charge in [0, 0.05) is 12.1 Å². The fraction of sp³-hybridized carbons (Fsp3) is 0.286. The number of carboxylic acid groups (broad SMARTS) is 1. The topological polar surface area (TPSA) is 83.9 Å². The molecule has 0 radical (unpaired) electrons. The second-order valence-electron chi connectivity index (χ2n) is 6.78. The van der Waals surface area contributed by atoms with Crippen LogP contribution in [0.3, 0.4) is 0 Å². The third kappa shape index (κ3) is 4.94. The van der Waals surface area contributed by atoms with E-state index in [-0.39, 0.29) is 24.0 Å². The van der Waals surface area contributed by atoms with Crippen LogP contribution < -0.4 is 9.04 Å². The van der Waals surface area contributed by atoms with Gasteiger partial charge in [-0.2, -0.15) is 0 Å². The van der Waals surface area contributed by atoms with Gasteiger partial charge in [0.2, 0.25) is 10.0 Å². The van der Waals surface area contributed by atoms with Gasteiger partial charge in [0.05, 0.1) is 11.9 Å². The molecule has 1 atom stereocenters. The van der Waals surface area contributed by atoms with E-state index in [4.69, 9.17) is 4.74 Å². The van der Waals surface area contributed by atoms with E-state index < -0.39 is 16.0 Å². The van der Waals surface area contributed by atoms with Crippen LogP contribution in [0.1, 0.15) is 18.9 Å². The van der Waals surface area contributed by atoms with Gasteiger partial charge in [-0.1, -0.05) is 18.2 Å². The Kier molecular flexibility index (Phi) is 6.24. The van der Waals surface area contributed by atoms with Gasteiger partial charge in [0.15, 0.2) is 0 Å². The van der Waals surface area contributed by atoms with E-state index in [9.17, 15) is 18.3 Å². The summed E-state index contributed by atoms with van der Waals surface area (Å²) in [7, 11) is -3.52. The lowest BCUT2D eigenvalue weighted by Crippen LogP contribution is -2.31. The molecule has 0 bridgehead atoms. The van der Waals surface area contributed by atoms with Crippen molar-refractivity contribution in [2.24, 2.45) is 0 Å². The molecule has 2 aromatic rings. The number of hydrogen-bond acceptors (Lipinski definition) is 5. The number of fused-ring (bicyclic) bond motifs is 1. The molecule has 0 aliphatic carbocycles. The van der Waals surface area contributed by atoms with Crippen LogP contribution in [0.5, 0.6) is 5.75 Å². The zero-order chi connectivity index (χ0) is 21.2. The summed E-state index contributed by atoms with van der Waals surface area (Å²) in [6, 6.07) is 13.0. The Balaban J connectivity index is 2.01. The zero-order valence-electron chi connectivity index (χ0n) is 16.5. The van der Waals surface area contributed by atoms with Crippen molar-refractivity contribution in [1.29, 1.82) is 0 Å². The highest BCUT2D eigenvalue weighted by Crippen LogP contribution is 2.34. The molecule has 2 aromatic carbocycles. The lowest BCUT2D eigenvalue weighted by Gasteiger charge is -2.22. The molecule has 1 N–H and O–H groups in total. The monoisotopic (exact) mass is 433 g/mol. The Morgan fingerprint density at radius 1 is 1.17 bits per heavy atom. The normalized spacial score (nSPS) is 15.1. The molecule has 1 unspecified atom stereocenters. The maximum atomic E-state index is 12.2. The summed E-state index contributed by atoms with van der Waals surface area (Å²) in [5.74, 6) is -0.275. The zero-order valence-corrected chi connectivity index (χ0v) is 18.1. The van der Waals surface area contributed by atoms with Gasteiger partial charge < -0.3 is 9.84 Å². The van der Waals surface area contributed by atoms with E-state index in [1.807, 2.05) is 49.6 Å². The molecule has 0 amide bonds. The minimum atomic E-state index is -3.52. The predicted molar refractivity (Wildman–Crippen MR) is 118 cm³/mol. The quantitative estimate of drug-likeness (QED) is 0.691. The largest absolute Gasteiger partial charge is 0.480 e. The molecule has 0 aromatic heterocycles. The Morgan fingerprint density at radius 2 is 1.83 bits per heavy atom. The highest BCUT2D eigenvalue weighted by Gasteiger charge is 2.25. The van der Waals surface area contributed by atoms with Crippen molar-refractivity contribution < 1.29 is 23.1 Å². The first kappa shape index (κ1) is 21.3. The molecular formula is C21H23NO5S2. The van der Waals surface area contributed by atoms with Gasteiger partial charge in [-0.15, -0.1) is 11.8 Å². The first-order valence-corrected chi connectivity index (χ1v) is 12.2. The number of anilines is 1. The lowest BCUT2D eigenvalue weighted by molar-refractivity contribution is -0.132. The number of ether oxygens (including phenoxy) is 1. The molecule has 154 valence electrons. The number of aliphatic carboxylic acids is 1. The van der Waals surface area contributed by atoms with E-state index in [1.165, 1.54) is 4.31 Å². The number of carbonyl (C=O) groups is 1. The minimum absolute atomic E-state index is 0.0508. The van der Waals surface area contributed by atoms with Gasteiger partial charge in [-0.25, -0.2) is 13.2 Å². The summed E-state index contributed by atoms with van der Waals surface area (Å²) < 4.78 is 31.5. The standard InChI is InChI=1S/C21H23NO5S2/c1-14(28-2)27-19-7-4-15(5-8-19)16-6-9-20-18(12-16)13-17(21(23)24)10-11-22(20)29(3,25)26/h4-9,12-14H,10-11H2,1-3H3,(H,23,24). The first-order valence-electron chi connectivity index (χ1n) is 9.04. The average Bonchev–Trinajstić information content (AvgIpc) is 2.87. The highest BCUT2D eigenvalue weighted by molar-refractivity contribution is 7.99. The fourth-order valence-electron chi connectivity index (χ4n) is 3.16. The molecule has 1 aliphatic rings. The van der Waals surface area contributed by atoms with Crippen molar-refractivity contribution in [3.63, 3.8) is 0 Å². The molecule has 6 nitrogen and oxygen atoms in total. The van der Waals surface area contributed by atoms with Crippen molar-refractivity contribution in [3.05, 3.63) is 53.6 Å². The smallest absolute Gasteiger partial charge is 0.331 e. The molecule has 8 heteroatoms. The van der Waals surface area contributed by atoms with E-state index >= 15 is 0 Å².